The summed E-state index contributed by atoms with van der Waals surface area (Å²) >= 11 is 0. The van der Waals surface area contributed by atoms with Crippen molar-refractivity contribution in [2.24, 2.45) is 0 Å². The number of likely N-dealkylation sites (N-methyl/N-ethyl adjacent to an activating group) is 1. The van der Waals surface area contributed by atoms with Crippen molar-refractivity contribution in [2.75, 3.05) is 20.6 Å². The molecule has 0 aliphatic rings. The molecule has 1 aromatic heterocycles. The van der Waals surface area contributed by atoms with Crippen molar-refractivity contribution in [2.45, 2.75) is 38.8 Å². The molecule has 0 aliphatic heterocycles. The lowest BCUT2D eigenvalue weighted by atomic mass is 10.0. The molecule has 0 aliphatic carbocycles. The molecule has 0 spiro atoms. The molecule has 18 heavy (non-hydrogen) atoms. The van der Waals surface area contributed by atoms with Crippen molar-refractivity contribution in [3.63, 3.8) is 0 Å². The molecule has 1 N–H and O–H groups in total. The molecule has 1 heterocycles. The highest BCUT2D eigenvalue weighted by Crippen LogP contribution is 2.16. The predicted octanol–water partition coefficient (Wildman–Crippen LogP) is 2.60. The maximum Gasteiger partial charge on any atom is 0.141 e. The Morgan fingerprint density at radius 3 is 2.50 bits per heavy atom. The van der Waals surface area contributed by atoms with Crippen LogP contribution in [0.1, 0.15) is 38.9 Å². The van der Waals surface area contributed by atoms with Crippen molar-refractivity contribution >= 4 is 0 Å². The fraction of sp³-hybridized carbons (Fsp3) is 0.643. The Morgan fingerprint density at radius 2 is 2.06 bits per heavy atom. The van der Waals surface area contributed by atoms with Gasteiger partial charge in [0.2, 0.25) is 0 Å². The third kappa shape index (κ3) is 4.03. The molecule has 4 heteroatoms. The second-order valence-corrected chi connectivity index (χ2v) is 5.45. The standard InChI is InChI=1S/C14H24FN3/c1-6-12(13-8-7-11(15)9-16-13)17-10-14(2,3)18(4)5/h7-9,12,17H,6,10H2,1-5H3. The van der Waals surface area contributed by atoms with Crippen molar-refractivity contribution in [3.05, 3.63) is 29.8 Å². The Morgan fingerprint density at radius 1 is 1.39 bits per heavy atom. The van der Waals surface area contributed by atoms with Crippen LogP contribution in [0.15, 0.2) is 18.3 Å². The van der Waals surface area contributed by atoms with Crippen molar-refractivity contribution in [3.8, 4) is 0 Å². The van der Waals surface area contributed by atoms with Crippen LogP contribution < -0.4 is 5.32 Å². The average molecular weight is 253 g/mol. The number of nitrogens with zero attached hydrogens (tertiary/aromatic N) is 2. The summed E-state index contributed by atoms with van der Waals surface area (Å²) in [6, 6.07) is 3.38. The van der Waals surface area contributed by atoms with E-state index in [2.05, 4.69) is 50.1 Å². The van der Waals surface area contributed by atoms with Crippen molar-refractivity contribution < 1.29 is 4.39 Å². The van der Waals surface area contributed by atoms with Gasteiger partial charge >= 0.3 is 0 Å². The summed E-state index contributed by atoms with van der Waals surface area (Å²) in [7, 11) is 4.14. The van der Waals surface area contributed by atoms with Crippen LogP contribution in [0.25, 0.3) is 0 Å². The largest absolute Gasteiger partial charge is 0.307 e. The normalized spacial score (nSPS) is 13.9. The first-order valence-electron chi connectivity index (χ1n) is 6.39. The van der Waals surface area contributed by atoms with Gasteiger partial charge in [-0.25, -0.2) is 4.39 Å². The van der Waals surface area contributed by atoms with Gasteiger partial charge in [0.1, 0.15) is 5.82 Å². The van der Waals surface area contributed by atoms with E-state index >= 15 is 0 Å². The summed E-state index contributed by atoms with van der Waals surface area (Å²) in [6.45, 7) is 7.33. The van der Waals surface area contributed by atoms with Gasteiger partial charge in [-0.3, -0.25) is 4.98 Å². The molecule has 1 atom stereocenters. The van der Waals surface area contributed by atoms with E-state index in [9.17, 15) is 4.39 Å². The van der Waals surface area contributed by atoms with Crippen LogP contribution in [0.3, 0.4) is 0 Å². The molecule has 0 saturated heterocycles. The Kier molecular flexibility index (Phi) is 5.23. The summed E-state index contributed by atoms with van der Waals surface area (Å²) in [4.78, 5) is 6.33. The minimum atomic E-state index is -0.290. The molecule has 1 unspecified atom stereocenters. The SMILES string of the molecule is CCC(NCC(C)(C)N(C)C)c1ccc(F)cn1. The van der Waals surface area contributed by atoms with E-state index in [1.165, 1.54) is 12.3 Å². The van der Waals surface area contributed by atoms with Crippen molar-refractivity contribution in [1.29, 1.82) is 0 Å². The number of pyridine rings is 1. The molecule has 1 aromatic rings. The molecule has 0 aromatic carbocycles. The highest BCUT2D eigenvalue weighted by atomic mass is 19.1. The van der Waals surface area contributed by atoms with E-state index in [-0.39, 0.29) is 17.4 Å². The zero-order valence-electron chi connectivity index (χ0n) is 12.0. The summed E-state index contributed by atoms with van der Waals surface area (Å²) in [5.41, 5.74) is 0.974. The van der Waals surface area contributed by atoms with Gasteiger partial charge in [0, 0.05) is 18.1 Å². The first-order valence-corrected chi connectivity index (χ1v) is 6.39. The monoisotopic (exact) mass is 253 g/mol. The maximum atomic E-state index is 12.8. The molecule has 0 bridgehead atoms. The lowest BCUT2D eigenvalue weighted by molar-refractivity contribution is 0.183. The number of hydrogen-bond acceptors (Lipinski definition) is 3. The quantitative estimate of drug-likeness (QED) is 0.844. The summed E-state index contributed by atoms with van der Waals surface area (Å²) in [5, 5.41) is 3.50. The van der Waals surface area contributed by atoms with Gasteiger partial charge in [-0.2, -0.15) is 0 Å². The zero-order chi connectivity index (χ0) is 13.8. The van der Waals surface area contributed by atoms with Gasteiger partial charge in [0.25, 0.3) is 0 Å². The Hall–Kier alpha value is -1.00. The average Bonchev–Trinajstić information content (AvgIpc) is 2.31. The van der Waals surface area contributed by atoms with Crippen LogP contribution in [-0.2, 0) is 0 Å². The molecular formula is C14H24FN3. The van der Waals surface area contributed by atoms with E-state index in [1.807, 2.05) is 0 Å². The van der Waals surface area contributed by atoms with Gasteiger partial charge in [0.05, 0.1) is 11.9 Å². The molecule has 102 valence electrons. The summed E-state index contributed by atoms with van der Waals surface area (Å²) in [6.07, 6.45) is 2.21. The smallest absolute Gasteiger partial charge is 0.141 e. The molecule has 0 saturated carbocycles. The minimum Gasteiger partial charge on any atom is -0.307 e. The maximum absolute atomic E-state index is 12.8. The zero-order valence-corrected chi connectivity index (χ0v) is 12.0. The third-order valence-corrected chi connectivity index (χ3v) is 3.51. The van der Waals surface area contributed by atoms with Crippen LogP contribution in [0.4, 0.5) is 4.39 Å². The van der Waals surface area contributed by atoms with Crippen molar-refractivity contribution in [1.82, 2.24) is 15.2 Å². The number of hydrogen-bond donors (Lipinski definition) is 1. The van der Waals surface area contributed by atoms with E-state index in [0.29, 0.717) is 0 Å². The number of nitrogens with one attached hydrogen (secondary N) is 1. The van der Waals surface area contributed by atoms with Crippen LogP contribution in [0.2, 0.25) is 0 Å². The van der Waals surface area contributed by atoms with Crippen LogP contribution in [0.5, 0.6) is 0 Å². The minimum absolute atomic E-state index is 0.0768. The van der Waals surface area contributed by atoms with E-state index in [1.54, 1.807) is 6.07 Å². The Balaban J connectivity index is 2.66. The highest BCUT2D eigenvalue weighted by Gasteiger charge is 2.22. The fourth-order valence-corrected chi connectivity index (χ4v) is 1.58. The molecule has 3 nitrogen and oxygen atoms in total. The lowest BCUT2D eigenvalue weighted by Gasteiger charge is -2.34. The summed E-state index contributed by atoms with van der Waals surface area (Å²) < 4.78 is 12.8. The van der Waals surface area contributed by atoms with Gasteiger partial charge in [-0.1, -0.05) is 6.92 Å². The summed E-state index contributed by atoms with van der Waals surface area (Å²) in [5.74, 6) is -0.290. The highest BCUT2D eigenvalue weighted by molar-refractivity contribution is 5.10. The second-order valence-electron chi connectivity index (χ2n) is 5.45. The molecular weight excluding hydrogens is 229 g/mol. The first-order chi connectivity index (χ1) is 8.36. The van der Waals surface area contributed by atoms with Crippen LogP contribution in [-0.4, -0.2) is 36.1 Å². The molecule has 0 fully saturated rings. The Bertz CT molecular complexity index is 360. The van der Waals surface area contributed by atoms with E-state index < -0.39 is 0 Å². The van der Waals surface area contributed by atoms with Crippen LogP contribution in [0, 0.1) is 5.82 Å². The van der Waals surface area contributed by atoms with Gasteiger partial charge < -0.3 is 10.2 Å². The van der Waals surface area contributed by atoms with E-state index in [4.69, 9.17) is 0 Å². The molecule has 1 rings (SSSR count). The number of aromatic nitrogens is 1. The lowest BCUT2D eigenvalue weighted by Crippen LogP contribution is -2.47. The number of halogens is 1. The predicted molar refractivity (Wildman–Crippen MR) is 73.0 cm³/mol. The topological polar surface area (TPSA) is 28.2 Å². The van der Waals surface area contributed by atoms with Gasteiger partial charge in [0.15, 0.2) is 0 Å². The Labute approximate surface area is 109 Å². The third-order valence-electron chi connectivity index (χ3n) is 3.51. The van der Waals surface area contributed by atoms with Gasteiger partial charge in [-0.05, 0) is 46.5 Å². The second kappa shape index (κ2) is 6.25. The number of rotatable bonds is 6. The van der Waals surface area contributed by atoms with Gasteiger partial charge in [-0.15, -0.1) is 0 Å². The molecule has 0 amide bonds. The first kappa shape index (κ1) is 15.1. The fourth-order valence-electron chi connectivity index (χ4n) is 1.58. The molecule has 0 radical (unpaired) electrons. The van der Waals surface area contributed by atoms with Crippen LogP contribution >= 0.6 is 0 Å². The van der Waals surface area contributed by atoms with E-state index in [0.717, 1.165) is 18.7 Å².